The molecule has 0 spiro atoms. The van der Waals surface area contributed by atoms with Gasteiger partial charge in [0.05, 0.1) is 31.8 Å². The van der Waals surface area contributed by atoms with Crippen LogP contribution < -0.4 is 0 Å². The second-order valence-electron chi connectivity index (χ2n) is 8.83. The highest BCUT2D eigenvalue weighted by Gasteiger charge is 2.93. The largest absolute Gasteiger partial charge is 0.460 e. The predicted octanol–water partition coefficient (Wildman–Crippen LogP) is 7.24. The Morgan fingerprint density at radius 1 is 0.405 bits per heavy atom. The molecule has 0 amide bonds. The third-order valence-corrected chi connectivity index (χ3v) is 5.41. The van der Waals surface area contributed by atoms with E-state index in [2.05, 4.69) is 14.2 Å². The molecular weight excluding hydrogens is 670 g/mol. The quantitative estimate of drug-likeness (QED) is 0.181. The maximum atomic E-state index is 13.8. The lowest BCUT2D eigenvalue weighted by Crippen LogP contribution is -2.73. The van der Waals surface area contributed by atoms with Gasteiger partial charge in [0.25, 0.3) is 0 Å². The van der Waals surface area contributed by atoms with Crippen molar-refractivity contribution in [2.24, 2.45) is 5.41 Å². The van der Waals surface area contributed by atoms with Crippen LogP contribution in [0.25, 0.3) is 0 Å². The first-order chi connectivity index (χ1) is 18.1. The average Bonchev–Trinajstić information content (AvgIpc) is 2.74. The highest BCUT2D eigenvalue weighted by Crippen LogP contribution is 2.62. The minimum Gasteiger partial charge on any atom is -0.380 e. The maximum Gasteiger partial charge on any atom is 0.460 e. The van der Waals surface area contributed by atoms with Crippen LogP contribution in [0.1, 0.15) is 0 Å². The number of ether oxygens (including phenoxy) is 3. The predicted molar refractivity (Wildman–Crippen MR) is 86.6 cm³/mol. The standard InChI is InChI=1S/C17H12F22O3/c18-8(19,10(22,23)12(26,27)13(28,29)14(30,31)15(32,33)17(37,38)39)5-41-3-7(1-40-2-7)4-42-6-9(20,21)11(24,25)16(34,35)36/h1-6H2. The molecule has 0 bridgehead atoms. The Bertz CT molecular complexity index is 931. The lowest BCUT2D eigenvalue weighted by Gasteiger charge is -2.43. The fraction of sp³-hybridized carbons (Fsp3) is 1.00. The van der Waals surface area contributed by atoms with Crippen molar-refractivity contribution in [3.05, 3.63) is 0 Å². The molecule has 42 heavy (non-hydrogen) atoms. The van der Waals surface area contributed by atoms with Gasteiger partial charge in [-0.2, -0.15) is 96.6 Å². The lowest BCUT2D eigenvalue weighted by atomic mass is 9.88. The van der Waals surface area contributed by atoms with E-state index in [4.69, 9.17) is 0 Å². The van der Waals surface area contributed by atoms with Crippen molar-refractivity contribution in [1.82, 2.24) is 0 Å². The molecule has 1 fully saturated rings. The van der Waals surface area contributed by atoms with Gasteiger partial charge in [0.1, 0.15) is 13.2 Å². The van der Waals surface area contributed by atoms with Gasteiger partial charge in [-0.15, -0.1) is 0 Å². The summed E-state index contributed by atoms with van der Waals surface area (Å²) < 4.78 is 298. The van der Waals surface area contributed by atoms with Gasteiger partial charge < -0.3 is 14.2 Å². The molecule has 0 radical (unpaired) electrons. The van der Waals surface area contributed by atoms with Crippen LogP contribution in [0.5, 0.6) is 0 Å². The number of hydrogen-bond donors (Lipinski definition) is 0. The van der Waals surface area contributed by atoms with Crippen LogP contribution in [0.3, 0.4) is 0 Å². The molecule has 1 aliphatic heterocycles. The van der Waals surface area contributed by atoms with Crippen LogP contribution in [0.4, 0.5) is 96.6 Å². The van der Waals surface area contributed by atoms with Gasteiger partial charge >= 0.3 is 59.7 Å². The molecule has 1 saturated heterocycles. The summed E-state index contributed by atoms with van der Waals surface area (Å²) in [6.45, 7) is -11.0. The third-order valence-electron chi connectivity index (χ3n) is 5.41. The monoisotopic (exact) mass is 682 g/mol. The molecule has 0 aliphatic carbocycles. The van der Waals surface area contributed by atoms with E-state index < -0.39 is 105 Å². The topological polar surface area (TPSA) is 27.7 Å². The van der Waals surface area contributed by atoms with E-state index in [1.807, 2.05) is 0 Å². The highest BCUT2D eigenvalue weighted by molar-refractivity contribution is 5.13. The first kappa shape index (κ1) is 38.4. The molecule has 25 heteroatoms. The van der Waals surface area contributed by atoms with E-state index in [1.165, 1.54) is 0 Å². The molecule has 1 aliphatic rings. The molecule has 1 rings (SSSR count). The summed E-state index contributed by atoms with van der Waals surface area (Å²) in [5.74, 6) is -60.9. The Hall–Kier alpha value is -1.66. The first-order valence-electron chi connectivity index (χ1n) is 10.0. The van der Waals surface area contributed by atoms with Gasteiger partial charge in [-0.1, -0.05) is 0 Å². The fourth-order valence-electron chi connectivity index (χ4n) is 2.78. The second-order valence-corrected chi connectivity index (χ2v) is 8.83. The molecule has 0 aromatic rings. The van der Waals surface area contributed by atoms with E-state index in [0.717, 1.165) is 0 Å². The van der Waals surface area contributed by atoms with Crippen LogP contribution >= 0.6 is 0 Å². The third kappa shape index (κ3) is 6.01. The molecule has 0 unspecified atom stereocenters. The minimum absolute atomic E-state index is 0.927. The van der Waals surface area contributed by atoms with E-state index in [9.17, 15) is 96.6 Å². The zero-order valence-corrected chi connectivity index (χ0v) is 19.3. The molecule has 0 saturated carbocycles. The van der Waals surface area contributed by atoms with Crippen LogP contribution in [-0.4, -0.2) is 99.4 Å². The summed E-state index contributed by atoms with van der Waals surface area (Å²) in [5, 5.41) is 0. The van der Waals surface area contributed by atoms with Gasteiger partial charge in [0.15, 0.2) is 0 Å². The van der Waals surface area contributed by atoms with Crippen molar-refractivity contribution in [3.8, 4) is 0 Å². The molecular formula is C17H12F22O3. The van der Waals surface area contributed by atoms with E-state index in [-0.39, 0.29) is 0 Å². The molecule has 3 nitrogen and oxygen atoms in total. The van der Waals surface area contributed by atoms with E-state index >= 15 is 0 Å². The van der Waals surface area contributed by atoms with Gasteiger partial charge in [0, 0.05) is 0 Å². The number of halogens is 22. The fourth-order valence-corrected chi connectivity index (χ4v) is 2.78. The normalized spacial score (nSPS) is 18.7. The van der Waals surface area contributed by atoms with Gasteiger partial charge in [-0.05, 0) is 0 Å². The van der Waals surface area contributed by atoms with E-state index in [0.29, 0.717) is 0 Å². The zero-order chi connectivity index (χ0) is 33.9. The molecule has 1 heterocycles. The molecule has 0 atom stereocenters. The summed E-state index contributed by atoms with van der Waals surface area (Å²) in [5.41, 5.74) is -2.16. The molecule has 0 aromatic heterocycles. The van der Waals surface area contributed by atoms with Crippen LogP contribution in [0.2, 0.25) is 0 Å². The van der Waals surface area contributed by atoms with Crippen LogP contribution in [0, 0.1) is 5.41 Å². The van der Waals surface area contributed by atoms with Crippen molar-refractivity contribution in [3.63, 3.8) is 0 Å². The van der Waals surface area contributed by atoms with Crippen molar-refractivity contribution in [2.75, 3.05) is 39.6 Å². The minimum atomic E-state index is -8.54. The maximum absolute atomic E-state index is 13.8. The van der Waals surface area contributed by atoms with Gasteiger partial charge in [-0.3, -0.25) is 0 Å². The van der Waals surface area contributed by atoms with Gasteiger partial charge in [0.2, 0.25) is 0 Å². The Labute approximate surface area is 217 Å². The summed E-state index contributed by atoms with van der Waals surface area (Å²) in [7, 11) is 0. The van der Waals surface area contributed by atoms with Crippen molar-refractivity contribution >= 4 is 0 Å². The molecule has 252 valence electrons. The second kappa shape index (κ2) is 10.8. The van der Waals surface area contributed by atoms with Crippen molar-refractivity contribution < 1.29 is 111 Å². The highest BCUT2D eigenvalue weighted by atomic mass is 19.4. The summed E-state index contributed by atoms with van der Waals surface area (Å²) in [4.78, 5) is 0. The Balaban J connectivity index is 3.05. The lowest BCUT2D eigenvalue weighted by molar-refractivity contribution is -0.453. The van der Waals surface area contributed by atoms with Crippen LogP contribution in [-0.2, 0) is 14.2 Å². The zero-order valence-electron chi connectivity index (χ0n) is 19.3. The molecule has 0 aromatic carbocycles. The Kier molecular flexibility index (Phi) is 9.82. The number of hydrogen-bond acceptors (Lipinski definition) is 3. The number of rotatable bonds is 14. The van der Waals surface area contributed by atoms with Crippen LogP contribution in [0.15, 0.2) is 0 Å². The number of alkyl halides is 22. The Morgan fingerprint density at radius 2 is 0.690 bits per heavy atom. The van der Waals surface area contributed by atoms with Crippen molar-refractivity contribution in [2.45, 2.75) is 59.7 Å². The summed E-state index contributed by atoms with van der Waals surface area (Å²) >= 11 is 0. The summed E-state index contributed by atoms with van der Waals surface area (Å²) in [6, 6.07) is 0. The molecule has 0 N–H and O–H groups in total. The van der Waals surface area contributed by atoms with Gasteiger partial charge in [-0.25, -0.2) is 0 Å². The Morgan fingerprint density at radius 3 is 0.976 bits per heavy atom. The SMILES string of the molecule is FC(F)(F)C(F)(F)C(F)(F)COCC1(COCC(F)(F)C(F)(F)C(F)(F)C(F)(F)C(F)(F)C(F)(F)C(F)(F)F)COC1. The first-order valence-corrected chi connectivity index (χ1v) is 10.0. The van der Waals surface area contributed by atoms with E-state index in [1.54, 1.807) is 0 Å². The summed E-state index contributed by atoms with van der Waals surface area (Å²) in [6.07, 6.45) is -14.6. The average molecular weight is 682 g/mol. The van der Waals surface area contributed by atoms with Crippen molar-refractivity contribution in [1.29, 1.82) is 0 Å². The smallest absolute Gasteiger partial charge is 0.380 e.